The highest BCUT2D eigenvalue weighted by molar-refractivity contribution is 9.10. The van der Waals surface area contributed by atoms with Crippen LogP contribution in [-0.4, -0.2) is 9.78 Å². The van der Waals surface area contributed by atoms with Gasteiger partial charge in [-0.15, -0.1) is 0 Å². The van der Waals surface area contributed by atoms with Crippen molar-refractivity contribution in [3.8, 4) is 0 Å². The van der Waals surface area contributed by atoms with Crippen LogP contribution in [0.5, 0.6) is 0 Å². The van der Waals surface area contributed by atoms with Crippen LogP contribution in [0.25, 0.3) is 0 Å². The second-order valence-corrected chi connectivity index (χ2v) is 2.76. The molecule has 1 aromatic heterocycles. The number of hydrogen-bond donors (Lipinski definition) is 0. The lowest BCUT2D eigenvalue weighted by molar-refractivity contribution is 0.735. The van der Waals surface area contributed by atoms with Gasteiger partial charge in [0.2, 0.25) is 0 Å². The standard InChI is InChI=1S/C6H8BrN2/c1-4-6(7)5(2)9(3)8-4/h1H2,2-3H3. The molecular formula is C6H8BrN2. The summed E-state index contributed by atoms with van der Waals surface area (Å²) >= 11 is 3.35. The molecule has 1 rings (SSSR count). The van der Waals surface area contributed by atoms with Crippen molar-refractivity contribution in [1.29, 1.82) is 0 Å². The highest BCUT2D eigenvalue weighted by Crippen LogP contribution is 2.18. The Labute approximate surface area is 63.0 Å². The summed E-state index contributed by atoms with van der Waals surface area (Å²) in [7, 11) is 1.90. The van der Waals surface area contributed by atoms with Crippen molar-refractivity contribution in [2.75, 3.05) is 0 Å². The fourth-order valence-electron chi connectivity index (χ4n) is 0.651. The van der Waals surface area contributed by atoms with Crippen LogP contribution < -0.4 is 0 Å². The molecule has 49 valence electrons. The van der Waals surface area contributed by atoms with Gasteiger partial charge in [0.15, 0.2) is 0 Å². The molecule has 1 heterocycles. The summed E-state index contributed by atoms with van der Waals surface area (Å²) in [5.41, 5.74) is 1.91. The molecule has 0 saturated carbocycles. The lowest BCUT2D eigenvalue weighted by atomic mass is 10.4. The van der Waals surface area contributed by atoms with Gasteiger partial charge < -0.3 is 0 Å². The Morgan fingerprint density at radius 1 is 1.67 bits per heavy atom. The van der Waals surface area contributed by atoms with Gasteiger partial charge in [-0.2, -0.15) is 5.10 Å². The predicted octanol–water partition coefficient (Wildman–Crippen LogP) is 1.67. The van der Waals surface area contributed by atoms with Crippen LogP contribution in [0.15, 0.2) is 4.47 Å². The fourth-order valence-corrected chi connectivity index (χ4v) is 0.987. The van der Waals surface area contributed by atoms with E-state index in [0.717, 1.165) is 15.9 Å². The molecule has 2 nitrogen and oxygen atoms in total. The zero-order valence-electron chi connectivity index (χ0n) is 5.48. The molecule has 0 aliphatic carbocycles. The maximum atomic E-state index is 4.07. The maximum absolute atomic E-state index is 4.07. The van der Waals surface area contributed by atoms with E-state index in [4.69, 9.17) is 0 Å². The van der Waals surface area contributed by atoms with Crippen molar-refractivity contribution in [2.24, 2.45) is 7.05 Å². The third-order valence-corrected chi connectivity index (χ3v) is 2.36. The van der Waals surface area contributed by atoms with Crippen LogP contribution in [0.4, 0.5) is 0 Å². The minimum absolute atomic E-state index is 0.801. The molecule has 0 N–H and O–H groups in total. The van der Waals surface area contributed by atoms with Gasteiger partial charge >= 0.3 is 0 Å². The summed E-state index contributed by atoms with van der Waals surface area (Å²) in [4.78, 5) is 0. The Hall–Kier alpha value is -0.310. The molecule has 9 heavy (non-hydrogen) atoms. The maximum Gasteiger partial charge on any atom is 0.0773 e. The van der Waals surface area contributed by atoms with Crippen molar-refractivity contribution in [1.82, 2.24) is 9.78 Å². The lowest BCUT2D eigenvalue weighted by Crippen LogP contribution is -1.91. The second-order valence-electron chi connectivity index (χ2n) is 1.97. The van der Waals surface area contributed by atoms with Crippen LogP contribution in [-0.2, 0) is 7.05 Å². The molecule has 0 bridgehead atoms. The lowest BCUT2D eigenvalue weighted by Gasteiger charge is -1.89. The summed E-state index contributed by atoms with van der Waals surface area (Å²) in [6, 6.07) is 0. The van der Waals surface area contributed by atoms with Gasteiger partial charge in [0, 0.05) is 12.7 Å². The van der Waals surface area contributed by atoms with Gasteiger partial charge in [-0.05, 0) is 29.8 Å². The molecule has 1 radical (unpaired) electrons. The topological polar surface area (TPSA) is 17.8 Å². The molecule has 0 aromatic carbocycles. The van der Waals surface area contributed by atoms with Crippen LogP contribution in [0.2, 0.25) is 0 Å². The predicted molar refractivity (Wildman–Crippen MR) is 40.1 cm³/mol. The van der Waals surface area contributed by atoms with E-state index < -0.39 is 0 Å². The van der Waals surface area contributed by atoms with E-state index in [9.17, 15) is 0 Å². The van der Waals surface area contributed by atoms with Gasteiger partial charge in [-0.25, -0.2) is 0 Å². The van der Waals surface area contributed by atoms with Crippen LogP contribution in [0.1, 0.15) is 11.4 Å². The zero-order valence-corrected chi connectivity index (χ0v) is 7.07. The summed E-state index contributed by atoms with van der Waals surface area (Å²) in [5, 5.41) is 4.07. The van der Waals surface area contributed by atoms with Crippen molar-refractivity contribution < 1.29 is 0 Å². The van der Waals surface area contributed by atoms with Crippen LogP contribution >= 0.6 is 15.9 Å². The van der Waals surface area contributed by atoms with E-state index in [0.29, 0.717) is 0 Å². The summed E-state index contributed by atoms with van der Waals surface area (Å²) in [6.45, 7) is 5.71. The Balaban J connectivity index is 3.29. The van der Waals surface area contributed by atoms with Crippen LogP contribution in [0, 0.1) is 13.8 Å². The fraction of sp³-hybridized carbons (Fsp3) is 0.333. The normalized spacial score (nSPS) is 10.2. The van der Waals surface area contributed by atoms with Crippen LogP contribution in [0.3, 0.4) is 0 Å². The third-order valence-electron chi connectivity index (χ3n) is 1.33. The number of hydrogen-bond acceptors (Lipinski definition) is 1. The number of aryl methyl sites for hydroxylation is 1. The van der Waals surface area contributed by atoms with E-state index >= 15 is 0 Å². The monoisotopic (exact) mass is 187 g/mol. The minimum atomic E-state index is 0.801. The van der Waals surface area contributed by atoms with E-state index in [2.05, 4.69) is 28.0 Å². The number of rotatable bonds is 0. The summed E-state index contributed by atoms with van der Waals surface area (Å²) in [6.07, 6.45) is 0. The van der Waals surface area contributed by atoms with Gasteiger partial charge in [0.25, 0.3) is 0 Å². The SMILES string of the molecule is [CH2]c1nn(C)c(C)c1Br. The van der Waals surface area contributed by atoms with Crippen molar-refractivity contribution >= 4 is 15.9 Å². The van der Waals surface area contributed by atoms with E-state index in [1.54, 1.807) is 4.68 Å². The molecule has 0 atom stereocenters. The van der Waals surface area contributed by atoms with Gasteiger partial charge in [-0.3, -0.25) is 4.68 Å². The number of halogens is 1. The first kappa shape index (κ1) is 6.81. The van der Waals surface area contributed by atoms with Gasteiger partial charge in [0.05, 0.1) is 10.2 Å². The van der Waals surface area contributed by atoms with Crippen molar-refractivity contribution in [3.63, 3.8) is 0 Å². The third kappa shape index (κ3) is 1.01. The molecular weight excluding hydrogens is 180 g/mol. The van der Waals surface area contributed by atoms with Gasteiger partial charge in [0.1, 0.15) is 0 Å². The van der Waals surface area contributed by atoms with Crippen molar-refractivity contribution in [3.05, 3.63) is 22.8 Å². The molecule has 1 aromatic rings. The highest BCUT2D eigenvalue weighted by Gasteiger charge is 2.03. The largest absolute Gasteiger partial charge is 0.271 e. The average Bonchev–Trinajstić information content (AvgIpc) is 1.98. The Morgan fingerprint density at radius 3 is 2.33 bits per heavy atom. The number of nitrogens with zero attached hydrogens (tertiary/aromatic N) is 2. The first-order valence-electron chi connectivity index (χ1n) is 2.64. The summed E-state index contributed by atoms with van der Waals surface area (Å²) in [5.74, 6) is 0. The number of aromatic nitrogens is 2. The minimum Gasteiger partial charge on any atom is -0.271 e. The summed E-state index contributed by atoms with van der Waals surface area (Å²) < 4.78 is 2.80. The molecule has 0 fully saturated rings. The molecule has 0 unspecified atom stereocenters. The Morgan fingerprint density at radius 2 is 2.22 bits per heavy atom. The van der Waals surface area contributed by atoms with Gasteiger partial charge in [-0.1, -0.05) is 0 Å². The van der Waals surface area contributed by atoms with Crippen molar-refractivity contribution in [2.45, 2.75) is 6.92 Å². The van der Waals surface area contributed by atoms with E-state index in [-0.39, 0.29) is 0 Å². The average molecular weight is 188 g/mol. The zero-order chi connectivity index (χ0) is 7.02. The molecule has 0 aliphatic rings. The Kier molecular flexibility index (Phi) is 1.62. The molecule has 3 heteroatoms. The second kappa shape index (κ2) is 2.14. The molecule has 0 aliphatic heterocycles. The quantitative estimate of drug-likeness (QED) is 0.605. The first-order valence-corrected chi connectivity index (χ1v) is 3.43. The smallest absolute Gasteiger partial charge is 0.0773 e. The molecule has 0 spiro atoms. The molecule has 0 saturated heterocycles. The van der Waals surface area contributed by atoms with E-state index in [1.807, 2.05) is 14.0 Å². The molecule has 0 amide bonds. The highest BCUT2D eigenvalue weighted by atomic mass is 79.9. The van der Waals surface area contributed by atoms with E-state index in [1.165, 1.54) is 0 Å². The Bertz CT molecular complexity index is 205. The first-order chi connectivity index (χ1) is 4.13.